The molecule has 0 spiro atoms. The summed E-state index contributed by atoms with van der Waals surface area (Å²) in [4.78, 5) is 0. The normalized spacial score (nSPS) is 8.75. The summed E-state index contributed by atoms with van der Waals surface area (Å²) in [5, 5.41) is 0.874. The van der Waals surface area contributed by atoms with Crippen molar-refractivity contribution in [2.24, 2.45) is 0 Å². The van der Waals surface area contributed by atoms with E-state index in [9.17, 15) is 0 Å². The van der Waals surface area contributed by atoms with Crippen LogP contribution in [0.3, 0.4) is 0 Å². The summed E-state index contributed by atoms with van der Waals surface area (Å²) < 4.78 is 0. The van der Waals surface area contributed by atoms with E-state index in [0.29, 0.717) is 0 Å². The first-order valence-corrected chi connectivity index (χ1v) is 4.87. The molecule has 68 valence electrons. The summed E-state index contributed by atoms with van der Waals surface area (Å²) in [6.07, 6.45) is 1.06. The van der Waals surface area contributed by atoms with Gasteiger partial charge in [0.05, 0.1) is 0 Å². The van der Waals surface area contributed by atoms with Crippen molar-refractivity contribution in [1.29, 1.82) is 0 Å². The topological polar surface area (TPSA) is 0 Å². The molecule has 0 aromatic heterocycles. The van der Waals surface area contributed by atoms with E-state index in [2.05, 4.69) is 19.1 Å². The van der Waals surface area contributed by atoms with Gasteiger partial charge in [-0.1, -0.05) is 44.5 Å². The molecule has 0 atom stereocenters. The highest BCUT2D eigenvalue weighted by Gasteiger charge is 1.94. The van der Waals surface area contributed by atoms with Gasteiger partial charge in [-0.2, -0.15) is 0 Å². The minimum Gasteiger partial charge on any atom is -0.0840 e. The first-order valence-electron chi connectivity index (χ1n) is 4.49. The van der Waals surface area contributed by atoms with Gasteiger partial charge in [-0.3, -0.25) is 0 Å². The van der Waals surface area contributed by atoms with Crippen molar-refractivity contribution >= 4 is 11.6 Å². The summed E-state index contributed by atoms with van der Waals surface area (Å²) in [7, 11) is 0. The van der Waals surface area contributed by atoms with E-state index in [4.69, 9.17) is 11.6 Å². The Kier molecular flexibility index (Phi) is 5.83. The van der Waals surface area contributed by atoms with Crippen LogP contribution in [0.1, 0.15) is 31.9 Å². The molecule has 0 radical (unpaired) electrons. The Hall–Kier alpha value is -0.490. The molecular weight excluding hydrogens is 168 g/mol. The van der Waals surface area contributed by atoms with Gasteiger partial charge in [0.1, 0.15) is 0 Å². The average molecular weight is 185 g/mol. The Labute approximate surface area is 80.6 Å². The Morgan fingerprint density at radius 3 is 2.25 bits per heavy atom. The molecule has 1 heteroatoms. The number of halogens is 1. The van der Waals surface area contributed by atoms with Gasteiger partial charge in [0.25, 0.3) is 0 Å². The summed E-state index contributed by atoms with van der Waals surface area (Å²) in [6.45, 7) is 8.14. The average Bonchev–Trinajstić information content (AvgIpc) is 2.13. The smallest absolute Gasteiger partial charge is 0.0437 e. The highest BCUT2D eigenvalue weighted by atomic mass is 35.5. The van der Waals surface area contributed by atoms with E-state index in [1.807, 2.05) is 26.8 Å². The second-order valence-electron chi connectivity index (χ2n) is 2.44. The van der Waals surface area contributed by atoms with Crippen LogP contribution in [-0.4, -0.2) is 0 Å². The van der Waals surface area contributed by atoms with Crippen molar-refractivity contribution in [2.75, 3.05) is 0 Å². The van der Waals surface area contributed by atoms with E-state index in [-0.39, 0.29) is 0 Å². The van der Waals surface area contributed by atoms with E-state index < -0.39 is 0 Å². The van der Waals surface area contributed by atoms with Gasteiger partial charge in [-0.25, -0.2) is 0 Å². The largest absolute Gasteiger partial charge is 0.0840 e. The van der Waals surface area contributed by atoms with Crippen molar-refractivity contribution < 1.29 is 0 Å². The SMILES string of the molecule is CC.CCc1ccc(C)c(Cl)c1. The molecule has 1 aromatic rings. The van der Waals surface area contributed by atoms with Crippen LogP contribution in [0.4, 0.5) is 0 Å². The first kappa shape index (κ1) is 11.5. The van der Waals surface area contributed by atoms with Gasteiger partial charge in [-0.15, -0.1) is 0 Å². The Balaban J connectivity index is 0.000000561. The first-order chi connectivity index (χ1) is 5.74. The maximum Gasteiger partial charge on any atom is 0.0437 e. The minimum atomic E-state index is 0.874. The maximum atomic E-state index is 5.89. The summed E-state index contributed by atoms with van der Waals surface area (Å²) in [6, 6.07) is 6.19. The van der Waals surface area contributed by atoms with Crippen molar-refractivity contribution in [3.05, 3.63) is 34.3 Å². The predicted octanol–water partition coefficient (Wildman–Crippen LogP) is 4.24. The lowest BCUT2D eigenvalue weighted by Crippen LogP contribution is -1.80. The molecule has 1 rings (SSSR count). The molecule has 0 heterocycles. The zero-order valence-electron chi connectivity index (χ0n) is 8.32. The molecule has 12 heavy (non-hydrogen) atoms. The second-order valence-corrected chi connectivity index (χ2v) is 2.84. The fourth-order valence-electron chi connectivity index (χ4n) is 0.856. The van der Waals surface area contributed by atoms with Crippen LogP contribution in [0, 0.1) is 6.92 Å². The Bertz CT molecular complexity index is 228. The lowest BCUT2D eigenvalue weighted by Gasteiger charge is -1.99. The van der Waals surface area contributed by atoms with E-state index in [1.54, 1.807) is 0 Å². The molecule has 0 saturated carbocycles. The minimum absolute atomic E-state index is 0.874. The van der Waals surface area contributed by atoms with Crippen LogP contribution >= 0.6 is 11.6 Å². The van der Waals surface area contributed by atoms with Crippen LogP contribution < -0.4 is 0 Å². The third kappa shape index (κ3) is 3.27. The molecule has 0 bridgehead atoms. The quantitative estimate of drug-likeness (QED) is 0.613. The molecule has 0 aliphatic heterocycles. The highest BCUT2D eigenvalue weighted by molar-refractivity contribution is 6.31. The van der Waals surface area contributed by atoms with Gasteiger partial charge >= 0.3 is 0 Å². The Morgan fingerprint density at radius 2 is 1.83 bits per heavy atom. The van der Waals surface area contributed by atoms with E-state index in [1.165, 1.54) is 5.56 Å². The molecule has 0 unspecified atom stereocenters. The standard InChI is InChI=1S/C9H11Cl.C2H6/c1-3-8-5-4-7(2)9(10)6-8;1-2/h4-6H,3H2,1-2H3;1-2H3. The summed E-state index contributed by atoms with van der Waals surface area (Å²) >= 11 is 5.89. The third-order valence-corrected chi connectivity index (χ3v) is 2.05. The van der Waals surface area contributed by atoms with Gasteiger partial charge in [0.2, 0.25) is 0 Å². The molecule has 0 fully saturated rings. The van der Waals surface area contributed by atoms with Crippen molar-refractivity contribution in [3.63, 3.8) is 0 Å². The third-order valence-electron chi connectivity index (χ3n) is 1.64. The number of rotatable bonds is 1. The number of aryl methyl sites for hydroxylation is 2. The molecule has 0 amide bonds. The fourth-order valence-corrected chi connectivity index (χ4v) is 1.06. The van der Waals surface area contributed by atoms with Crippen LogP contribution in [0.2, 0.25) is 5.02 Å². The second kappa shape index (κ2) is 6.07. The van der Waals surface area contributed by atoms with Crippen LogP contribution in [0.15, 0.2) is 18.2 Å². The lowest BCUT2D eigenvalue weighted by atomic mass is 10.1. The van der Waals surface area contributed by atoms with Gasteiger partial charge in [0.15, 0.2) is 0 Å². The molecular formula is C11H17Cl. The zero-order valence-corrected chi connectivity index (χ0v) is 9.07. The summed E-state index contributed by atoms with van der Waals surface area (Å²) in [5.41, 5.74) is 2.45. The van der Waals surface area contributed by atoms with Gasteiger partial charge in [0, 0.05) is 5.02 Å². The van der Waals surface area contributed by atoms with E-state index in [0.717, 1.165) is 17.0 Å². The Morgan fingerprint density at radius 1 is 1.25 bits per heavy atom. The van der Waals surface area contributed by atoms with E-state index >= 15 is 0 Å². The number of hydrogen-bond acceptors (Lipinski definition) is 0. The number of hydrogen-bond donors (Lipinski definition) is 0. The van der Waals surface area contributed by atoms with Crippen molar-refractivity contribution in [3.8, 4) is 0 Å². The lowest BCUT2D eigenvalue weighted by molar-refractivity contribution is 1.14. The molecule has 1 aromatic carbocycles. The van der Waals surface area contributed by atoms with Crippen LogP contribution in [0.25, 0.3) is 0 Å². The number of benzene rings is 1. The van der Waals surface area contributed by atoms with Crippen molar-refractivity contribution in [1.82, 2.24) is 0 Å². The zero-order chi connectivity index (χ0) is 9.56. The molecule has 0 saturated heterocycles. The molecule has 0 aliphatic carbocycles. The van der Waals surface area contributed by atoms with Crippen LogP contribution in [0.5, 0.6) is 0 Å². The van der Waals surface area contributed by atoms with Gasteiger partial charge in [-0.05, 0) is 30.5 Å². The maximum absolute atomic E-state index is 5.89. The highest BCUT2D eigenvalue weighted by Crippen LogP contribution is 2.16. The molecule has 0 aliphatic rings. The monoisotopic (exact) mass is 184 g/mol. The fraction of sp³-hybridized carbons (Fsp3) is 0.455. The summed E-state index contributed by atoms with van der Waals surface area (Å²) in [5.74, 6) is 0. The van der Waals surface area contributed by atoms with Crippen LogP contribution in [-0.2, 0) is 6.42 Å². The van der Waals surface area contributed by atoms with Gasteiger partial charge < -0.3 is 0 Å². The molecule has 0 N–H and O–H groups in total. The van der Waals surface area contributed by atoms with Crippen molar-refractivity contribution in [2.45, 2.75) is 34.1 Å². The molecule has 0 nitrogen and oxygen atoms in total. The predicted molar refractivity (Wildman–Crippen MR) is 56.9 cm³/mol.